The van der Waals surface area contributed by atoms with E-state index in [9.17, 15) is 0 Å². The van der Waals surface area contributed by atoms with Crippen LogP contribution in [0.25, 0.3) is 21.9 Å². The van der Waals surface area contributed by atoms with Crippen molar-refractivity contribution in [3.63, 3.8) is 0 Å². The van der Waals surface area contributed by atoms with Crippen LogP contribution in [0, 0.1) is 27.7 Å². The molecule has 0 aromatic heterocycles. The van der Waals surface area contributed by atoms with Crippen LogP contribution in [0.1, 0.15) is 22.3 Å². The maximum atomic E-state index is 2.26. The van der Waals surface area contributed by atoms with E-state index in [4.69, 9.17) is 0 Å². The molecule has 0 nitrogen and oxygen atoms in total. The van der Waals surface area contributed by atoms with Crippen molar-refractivity contribution in [1.82, 2.24) is 0 Å². The highest BCUT2D eigenvalue weighted by Crippen LogP contribution is 2.27. The summed E-state index contributed by atoms with van der Waals surface area (Å²) in [5.41, 5.74) is 8.02. The van der Waals surface area contributed by atoms with Crippen molar-refractivity contribution >= 4 is 10.8 Å². The highest BCUT2D eigenvalue weighted by atomic mass is 14.1. The van der Waals surface area contributed by atoms with Crippen molar-refractivity contribution in [2.24, 2.45) is 0 Å². The van der Waals surface area contributed by atoms with Crippen LogP contribution in [0.4, 0.5) is 0 Å². The smallest absolute Gasteiger partial charge is 0.0149 e. The van der Waals surface area contributed by atoms with E-state index in [-0.39, 0.29) is 0 Å². The van der Waals surface area contributed by atoms with Crippen LogP contribution in [-0.2, 0) is 0 Å². The van der Waals surface area contributed by atoms with Gasteiger partial charge in [0.15, 0.2) is 0 Å². The lowest BCUT2D eigenvalue weighted by Gasteiger charge is -2.09. The lowest BCUT2D eigenvalue weighted by Crippen LogP contribution is -1.87. The van der Waals surface area contributed by atoms with Gasteiger partial charge in [-0.05, 0) is 60.7 Å². The zero-order valence-corrected chi connectivity index (χ0v) is 16.1. The molecule has 0 aliphatic heterocycles. The summed E-state index contributed by atoms with van der Waals surface area (Å²) in [4.78, 5) is 0. The third-order valence-electron chi connectivity index (χ3n) is 4.73. The first-order valence-electron chi connectivity index (χ1n) is 9.13. The van der Waals surface area contributed by atoms with Crippen molar-refractivity contribution in [2.45, 2.75) is 27.7 Å². The molecule has 4 rings (SSSR count). The molecule has 0 saturated carbocycles. The molecular formula is C26H26. The number of fused-ring (bicyclic) bond motifs is 1. The first-order valence-corrected chi connectivity index (χ1v) is 9.13. The molecule has 26 heavy (non-hydrogen) atoms. The van der Waals surface area contributed by atoms with Gasteiger partial charge in [-0.2, -0.15) is 0 Å². The summed E-state index contributed by atoms with van der Waals surface area (Å²) in [7, 11) is 0. The molecule has 0 bridgehead atoms. The average molecular weight is 338 g/mol. The van der Waals surface area contributed by atoms with Gasteiger partial charge in [-0.1, -0.05) is 96.1 Å². The van der Waals surface area contributed by atoms with Gasteiger partial charge in [0.05, 0.1) is 0 Å². The zero-order chi connectivity index (χ0) is 18.5. The number of benzene rings is 4. The van der Waals surface area contributed by atoms with Crippen LogP contribution in [0.2, 0.25) is 0 Å². The molecule has 0 radical (unpaired) electrons. The van der Waals surface area contributed by atoms with Gasteiger partial charge in [-0.25, -0.2) is 0 Å². The monoisotopic (exact) mass is 338 g/mol. The molecule has 0 aliphatic carbocycles. The molecule has 0 heterocycles. The van der Waals surface area contributed by atoms with E-state index in [1.54, 1.807) is 0 Å². The third kappa shape index (κ3) is 4.21. The van der Waals surface area contributed by atoms with E-state index < -0.39 is 0 Å². The zero-order valence-electron chi connectivity index (χ0n) is 16.1. The molecule has 0 atom stereocenters. The van der Waals surface area contributed by atoms with E-state index in [2.05, 4.69) is 113 Å². The van der Waals surface area contributed by atoms with Gasteiger partial charge >= 0.3 is 0 Å². The Hall–Kier alpha value is -2.86. The summed E-state index contributed by atoms with van der Waals surface area (Å²) in [6, 6.07) is 30.1. The standard InChI is InChI=1S/C15H16.C11H10/c1-11-8-9-13(3)15(10-11)14-7-5-4-6-12(14)2;1-9-6-7-10-4-2-3-5-11(10)8-9/h4-10H,1-3H3;2-8H,1H3. The number of hydrogen-bond acceptors (Lipinski definition) is 0. The SMILES string of the molecule is Cc1ccc(C)c(-c2ccccc2C)c1.Cc1ccc2ccccc2c1. The van der Waals surface area contributed by atoms with Gasteiger partial charge in [-0.15, -0.1) is 0 Å². The van der Waals surface area contributed by atoms with Gasteiger partial charge in [0.2, 0.25) is 0 Å². The summed E-state index contributed by atoms with van der Waals surface area (Å²) in [5.74, 6) is 0. The molecule has 0 saturated heterocycles. The Bertz CT molecular complexity index is 1020. The Balaban J connectivity index is 0.000000158. The Kier molecular flexibility index (Phi) is 5.53. The Morgan fingerprint density at radius 1 is 0.423 bits per heavy atom. The number of hydrogen-bond donors (Lipinski definition) is 0. The Labute approximate surface area is 157 Å². The molecule has 0 N–H and O–H groups in total. The molecule has 0 unspecified atom stereocenters. The minimum atomic E-state index is 1.32. The second-order valence-corrected chi connectivity index (χ2v) is 6.98. The molecule has 0 fully saturated rings. The van der Waals surface area contributed by atoms with Gasteiger partial charge in [0.25, 0.3) is 0 Å². The quantitative estimate of drug-likeness (QED) is 0.338. The van der Waals surface area contributed by atoms with Gasteiger partial charge in [0.1, 0.15) is 0 Å². The number of rotatable bonds is 1. The maximum Gasteiger partial charge on any atom is -0.0149 e. The fourth-order valence-electron chi connectivity index (χ4n) is 3.21. The molecule has 4 aromatic carbocycles. The van der Waals surface area contributed by atoms with Gasteiger partial charge in [-0.3, -0.25) is 0 Å². The van der Waals surface area contributed by atoms with Gasteiger partial charge in [0, 0.05) is 0 Å². The molecule has 0 aliphatic rings. The van der Waals surface area contributed by atoms with Crippen LogP contribution in [0.3, 0.4) is 0 Å². The summed E-state index contributed by atoms with van der Waals surface area (Å²) in [6.07, 6.45) is 0. The van der Waals surface area contributed by atoms with Crippen LogP contribution < -0.4 is 0 Å². The van der Waals surface area contributed by atoms with E-state index >= 15 is 0 Å². The molecule has 4 aromatic rings. The fourth-order valence-corrected chi connectivity index (χ4v) is 3.21. The summed E-state index contributed by atoms with van der Waals surface area (Å²) in [6.45, 7) is 8.59. The lowest BCUT2D eigenvalue weighted by molar-refractivity contribution is 1.37. The fraction of sp³-hybridized carbons (Fsp3) is 0.154. The van der Waals surface area contributed by atoms with E-state index in [0.717, 1.165) is 0 Å². The van der Waals surface area contributed by atoms with Crippen molar-refractivity contribution in [3.8, 4) is 11.1 Å². The van der Waals surface area contributed by atoms with Crippen molar-refractivity contribution < 1.29 is 0 Å². The van der Waals surface area contributed by atoms with Crippen molar-refractivity contribution in [3.05, 3.63) is 107 Å². The largest absolute Gasteiger partial charge is 0.0620 e. The molecule has 0 amide bonds. The lowest BCUT2D eigenvalue weighted by atomic mass is 9.95. The molecule has 0 heteroatoms. The topological polar surface area (TPSA) is 0 Å². The summed E-state index contributed by atoms with van der Waals surface area (Å²) >= 11 is 0. The Morgan fingerprint density at radius 2 is 1.00 bits per heavy atom. The first kappa shape index (κ1) is 17.9. The minimum absolute atomic E-state index is 1.32. The first-order chi connectivity index (χ1) is 12.5. The molecular weight excluding hydrogens is 312 g/mol. The second kappa shape index (κ2) is 8.01. The second-order valence-electron chi connectivity index (χ2n) is 6.98. The van der Waals surface area contributed by atoms with Crippen LogP contribution in [0.5, 0.6) is 0 Å². The predicted molar refractivity (Wildman–Crippen MR) is 115 cm³/mol. The van der Waals surface area contributed by atoms with Crippen molar-refractivity contribution in [2.75, 3.05) is 0 Å². The molecule has 130 valence electrons. The minimum Gasteiger partial charge on any atom is -0.0620 e. The Morgan fingerprint density at radius 3 is 1.77 bits per heavy atom. The predicted octanol–water partition coefficient (Wildman–Crippen LogP) is 7.43. The summed E-state index contributed by atoms with van der Waals surface area (Å²) < 4.78 is 0. The maximum absolute atomic E-state index is 2.26. The van der Waals surface area contributed by atoms with E-state index in [0.29, 0.717) is 0 Å². The van der Waals surface area contributed by atoms with E-state index in [1.807, 2.05) is 0 Å². The molecule has 0 spiro atoms. The third-order valence-corrected chi connectivity index (χ3v) is 4.73. The average Bonchev–Trinajstić information content (AvgIpc) is 2.65. The van der Waals surface area contributed by atoms with Gasteiger partial charge < -0.3 is 0 Å². The van der Waals surface area contributed by atoms with Crippen LogP contribution in [-0.4, -0.2) is 0 Å². The highest BCUT2D eigenvalue weighted by Gasteiger charge is 2.04. The van der Waals surface area contributed by atoms with Crippen LogP contribution in [0.15, 0.2) is 84.9 Å². The van der Waals surface area contributed by atoms with Crippen molar-refractivity contribution in [1.29, 1.82) is 0 Å². The van der Waals surface area contributed by atoms with Crippen LogP contribution >= 0.6 is 0 Å². The van der Waals surface area contributed by atoms with E-state index in [1.165, 1.54) is 44.2 Å². The number of aryl methyl sites for hydroxylation is 4. The highest BCUT2D eigenvalue weighted by molar-refractivity contribution is 5.82. The normalized spacial score (nSPS) is 10.3. The summed E-state index contributed by atoms with van der Waals surface area (Å²) in [5, 5.41) is 2.64.